The van der Waals surface area contributed by atoms with Gasteiger partial charge in [0, 0.05) is 38.2 Å². The van der Waals surface area contributed by atoms with Crippen molar-refractivity contribution in [1.29, 1.82) is 5.26 Å². The van der Waals surface area contributed by atoms with Gasteiger partial charge in [0.05, 0.1) is 33.4 Å². The van der Waals surface area contributed by atoms with Crippen LogP contribution in [0.5, 0.6) is 0 Å². The Morgan fingerprint density at radius 2 is 0.697 bits per heavy atom. The van der Waals surface area contributed by atoms with Crippen LogP contribution in [0.4, 0.5) is 0 Å². The van der Waals surface area contributed by atoms with Crippen molar-refractivity contribution in [3.8, 4) is 73.9 Å². The number of rotatable bonds is 7. The average molecular weight is 845 g/mol. The minimum atomic E-state index is 0.500. The third kappa shape index (κ3) is 6.53. The Hall–Kier alpha value is -8.92. The second-order valence-corrected chi connectivity index (χ2v) is 16.9. The largest absolute Gasteiger partial charge is 0.308 e. The standard InChI is InChI=1S/C60H40N6/c1-38-21-25-40(26-22-38)44-29-31-54-49(33-44)47-17-9-11-19-52(47)65(54)56-35-46(60-63-58(42-13-5-3-6-14-42)62-59(64-60)43-15-7-4-8-16-43)36-57(51(56)37-61)66-53-20-12-10-18-48(53)50-34-45(30-32-55(50)66)41-27-23-39(2)24-28-41/h3-36H,1-2H3. The molecule has 6 nitrogen and oxygen atoms in total. The zero-order valence-corrected chi connectivity index (χ0v) is 36.3. The highest BCUT2D eigenvalue weighted by Gasteiger charge is 2.24. The number of hydrogen-bond donors (Lipinski definition) is 0. The number of nitrogens with zero attached hydrogens (tertiary/aromatic N) is 6. The van der Waals surface area contributed by atoms with E-state index in [1.807, 2.05) is 60.7 Å². The first-order valence-electron chi connectivity index (χ1n) is 22.2. The summed E-state index contributed by atoms with van der Waals surface area (Å²) in [6.07, 6.45) is 0. The molecule has 310 valence electrons. The molecule has 0 aliphatic rings. The van der Waals surface area contributed by atoms with Crippen molar-refractivity contribution in [3.63, 3.8) is 0 Å². The van der Waals surface area contributed by atoms with Crippen LogP contribution in [0.2, 0.25) is 0 Å². The normalized spacial score (nSPS) is 11.5. The van der Waals surface area contributed by atoms with Crippen LogP contribution in [-0.2, 0) is 0 Å². The van der Waals surface area contributed by atoms with Gasteiger partial charge in [-0.15, -0.1) is 0 Å². The molecule has 0 bridgehead atoms. The van der Waals surface area contributed by atoms with E-state index in [1.54, 1.807) is 0 Å². The number of fused-ring (bicyclic) bond motifs is 6. The van der Waals surface area contributed by atoms with E-state index < -0.39 is 0 Å². The summed E-state index contributed by atoms with van der Waals surface area (Å²) < 4.78 is 4.49. The second kappa shape index (κ2) is 15.7. The number of nitriles is 1. The van der Waals surface area contributed by atoms with E-state index >= 15 is 0 Å². The molecule has 66 heavy (non-hydrogen) atoms. The molecule has 0 N–H and O–H groups in total. The summed E-state index contributed by atoms with van der Waals surface area (Å²) in [4.78, 5) is 15.5. The fourth-order valence-corrected chi connectivity index (χ4v) is 9.46. The van der Waals surface area contributed by atoms with E-state index in [1.165, 1.54) is 11.1 Å². The maximum absolute atomic E-state index is 11.6. The Bertz CT molecular complexity index is 3630. The van der Waals surface area contributed by atoms with Crippen molar-refractivity contribution in [2.45, 2.75) is 13.8 Å². The smallest absolute Gasteiger partial charge is 0.164 e. The van der Waals surface area contributed by atoms with Gasteiger partial charge in [0.2, 0.25) is 0 Å². The monoisotopic (exact) mass is 844 g/mol. The molecule has 12 aromatic rings. The Balaban J connectivity index is 1.18. The van der Waals surface area contributed by atoms with Gasteiger partial charge in [0.1, 0.15) is 11.6 Å². The van der Waals surface area contributed by atoms with Gasteiger partial charge in [-0.25, -0.2) is 15.0 Å². The van der Waals surface area contributed by atoms with E-state index in [2.05, 4.69) is 175 Å². The van der Waals surface area contributed by atoms with Crippen molar-refractivity contribution in [2.75, 3.05) is 0 Å². The molecule has 0 saturated heterocycles. The van der Waals surface area contributed by atoms with Crippen LogP contribution >= 0.6 is 0 Å². The fraction of sp³-hybridized carbons (Fsp3) is 0.0333. The molecule has 0 saturated carbocycles. The van der Waals surface area contributed by atoms with Gasteiger partial charge >= 0.3 is 0 Å². The Morgan fingerprint density at radius 3 is 1.12 bits per heavy atom. The van der Waals surface area contributed by atoms with Crippen LogP contribution in [0.3, 0.4) is 0 Å². The number of aromatic nitrogens is 5. The third-order valence-electron chi connectivity index (χ3n) is 12.8. The molecule has 0 amide bonds. The van der Waals surface area contributed by atoms with Crippen LogP contribution in [0.15, 0.2) is 206 Å². The predicted octanol–water partition coefficient (Wildman–Crippen LogP) is 14.9. The zero-order valence-electron chi connectivity index (χ0n) is 36.3. The molecule has 0 radical (unpaired) electrons. The van der Waals surface area contributed by atoms with Crippen molar-refractivity contribution >= 4 is 43.6 Å². The molecular weight excluding hydrogens is 805 g/mol. The molecule has 0 aliphatic heterocycles. The number of hydrogen-bond acceptors (Lipinski definition) is 4. The summed E-state index contributed by atoms with van der Waals surface area (Å²) in [5.74, 6) is 1.63. The van der Waals surface area contributed by atoms with Crippen molar-refractivity contribution in [3.05, 3.63) is 223 Å². The van der Waals surface area contributed by atoms with Crippen molar-refractivity contribution in [1.82, 2.24) is 24.1 Å². The summed E-state index contributed by atoms with van der Waals surface area (Å²) in [7, 11) is 0. The maximum atomic E-state index is 11.6. The molecule has 3 aromatic heterocycles. The topological polar surface area (TPSA) is 72.3 Å². The highest BCUT2D eigenvalue weighted by Crippen LogP contribution is 2.42. The van der Waals surface area contributed by atoms with Gasteiger partial charge in [-0.3, -0.25) is 0 Å². The quantitative estimate of drug-likeness (QED) is 0.160. The average Bonchev–Trinajstić information content (AvgIpc) is 3.89. The second-order valence-electron chi connectivity index (χ2n) is 16.9. The van der Waals surface area contributed by atoms with E-state index in [0.717, 1.165) is 93.9 Å². The predicted molar refractivity (Wildman–Crippen MR) is 270 cm³/mol. The number of aryl methyl sites for hydroxylation is 2. The number of benzene rings is 9. The first kappa shape index (κ1) is 38.7. The molecule has 0 atom stereocenters. The lowest BCUT2D eigenvalue weighted by Crippen LogP contribution is -2.07. The van der Waals surface area contributed by atoms with Crippen LogP contribution in [0.1, 0.15) is 16.7 Å². The molecule has 0 aliphatic carbocycles. The fourth-order valence-electron chi connectivity index (χ4n) is 9.46. The summed E-state index contributed by atoms with van der Waals surface area (Å²) in [6, 6.07) is 74.6. The van der Waals surface area contributed by atoms with E-state index in [9.17, 15) is 5.26 Å². The summed E-state index contributed by atoms with van der Waals surface area (Å²) in [5.41, 5.74) is 15.4. The summed E-state index contributed by atoms with van der Waals surface area (Å²) in [5, 5.41) is 16.0. The van der Waals surface area contributed by atoms with Gasteiger partial charge in [-0.05, 0) is 84.6 Å². The molecule has 3 heterocycles. The van der Waals surface area contributed by atoms with E-state index in [-0.39, 0.29) is 0 Å². The molecule has 0 spiro atoms. The minimum absolute atomic E-state index is 0.500. The Labute approximate surface area is 382 Å². The highest BCUT2D eigenvalue weighted by atomic mass is 15.1. The van der Waals surface area contributed by atoms with E-state index in [4.69, 9.17) is 15.0 Å². The molecular formula is C60H40N6. The minimum Gasteiger partial charge on any atom is -0.308 e. The Morgan fingerprint density at radius 1 is 0.333 bits per heavy atom. The lowest BCUT2D eigenvalue weighted by molar-refractivity contribution is 1.06. The molecule has 12 rings (SSSR count). The Kier molecular flexibility index (Phi) is 9.22. The van der Waals surface area contributed by atoms with Crippen LogP contribution in [-0.4, -0.2) is 24.1 Å². The van der Waals surface area contributed by atoms with Gasteiger partial charge in [0.25, 0.3) is 0 Å². The van der Waals surface area contributed by atoms with Crippen LogP contribution in [0.25, 0.3) is 111 Å². The lowest BCUT2D eigenvalue weighted by Gasteiger charge is -2.18. The van der Waals surface area contributed by atoms with Gasteiger partial charge in [0.15, 0.2) is 17.5 Å². The molecule has 9 aromatic carbocycles. The summed E-state index contributed by atoms with van der Waals surface area (Å²) >= 11 is 0. The summed E-state index contributed by atoms with van der Waals surface area (Å²) in [6.45, 7) is 4.22. The molecule has 6 heteroatoms. The first-order valence-corrected chi connectivity index (χ1v) is 22.2. The lowest BCUT2D eigenvalue weighted by atomic mass is 10.0. The SMILES string of the molecule is Cc1ccc(-c2ccc3c(c2)c2ccccc2n3-c2cc(-c3nc(-c4ccccc4)nc(-c4ccccc4)n3)cc(-n3c4ccccc4c4cc(-c5ccc(C)cc5)ccc43)c2C#N)cc1. The van der Waals surface area contributed by atoms with Crippen molar-refractivity contribution < 1.29 is 0 Å². The molecule has 0 unspecified atom stereocenters. The van der Waals surface area contributed by atoms with E-state index in [0.29, 0.717) is 23.0 Å². The first-order chi connectivity index (χ1) is 32.5. The maximum Gasteiger partial charge on any atom is 0.164 e. The van der Waals surface area contributed by atoms with Gasteiger partial charge < -0.3 is 9.13 Å². The van der Waals surface area contributed by atoms with Crippen LogP contribution < -0.4 is 0 Å². The highest BCUT2D eigenvalue weighted by molar-refractivity contribution is 6.12. The number of para-hydroxylation sites is 2. The van der Waals surface area contributed by atoms with Gasteiger partial charge in [-0.1, -0.05) is 169 Å². The van der Waals surface area contributed by atoms with Gasteiger partial charge in [-0.2, -0.15) is 5.26 Å². The third-order valence-corrected chi connectivity index (χ3v) is 12.8. The molecule has 0 fully saturated rings. The van der Waals surface area contributed by atoms with Crippen molar-refractivity contribution in [2.24, 2.45) is 0 Å². The zero-order chi connectivity index (χ0) is 44.3. The van der Waals surface area contributed by atoms with Crippen LogP contribution in [0, 0.1) is 25.2 Å².